The molecular formula is C15H15N3O2S. The summed E-state index contributed by atoms with van der Waals surface area (Å²) in [5.74, 6) is -0.0407. The van der Waals surface area contributed by atoms with Gasteiger partial charge < -0.3 is 20.4 Å². The molecule has 3 N–H and O–H groups in total. The molecule has 0 radical (unpaired) electrons. The SMILES string of the molecule is C=CCNC(=S)Nc1cccc(NC(=O)c2ccco2)c1. The van der Waals surface area contributed by atoms with Crippen LogP contribution < -0.4 is 16.0 Å². The van der Waals surface area contributed by atoms with Crippen molar-refractivity contribution in [1.29, 1.82) is 0 Å². The van der Waals surface area contributed by atoms with Crippen molar-refractivity contribution in [2.75, 3.05) is 17.2 Å². The minimum absolute atomic E-state index is 0.261. The Balaban J connectivity index is 1.99. The molecule has 2 aromatic rings. The van der Waals surface area contributed by atoms with Crippen LogP contribution in [0.5, 0.6) is 0 Å². The van der Waals surface area contributed by atoms with Crippen molar-refractivity contribution in [3.63, 3.8) is 0 Å². The Morgan fingerprint density at radius 3 is 2.67 bits per heavy atom. The van der Waals surface area contributed by atoms with E-state index < -0.39 is 0 Å². The number of rotatable bonds is 5. The number of benzene rings is 1. The highest BCUT2D eigenvalue weighted by Crippen LogP contribution is 2.16. The standard InChI is InChI=1S/C15H15N3O2S/c1-2-8-16-15(21)18-12-6-3-5-11(10-12)17-14(19)13-7-4-9-20-13/h2-7,9-10H,1,8H2,(H,17,19)(H2,16,18,21). The van der Waals surface area contributed by atoms with Crippen LogP contribution in [0.3, 0.4) is 0 Å². The number of carbonyl (C=O) groups is 1. The number of hydrogen-bond donors (Lipinski definition) is 3. The molecule has 6 heteroatoms. The maximum atomic E-state index is 11.9. The summed E-state index contributed by atoms with van der Waals surface area (Å²) in [5, 5.41) is 9.23. The van der Waals surface area contributed by atoms with E-state index in [2.05, 4.69) is 22.5 Å². The number of anilines is 2. The quantitative estimate of drug-likeness (QED) is 0.585. The maximum absolute atomic E-state index is 11.9. The number of nitrogens with one attached hydrogen (secondary N) is 3. The van der Waals surface area contributed by atoms with Gasteiger partial charge in [0.1, 0.15) is 0 Å². The van der Waals surface area contributed by atoms with Gasteiger partial charge in [-0.2, -0.15) is 0 Å². The first kappa shape index (κ1) is 14.8. The van der Waals surface area contributed by atoms with E-state index in [-0.39, 0.29) is 11.7 Å². The van der Waals surface area contributed by atoms with Gasteiger partial charge in [0.15, 0.2) is 10.9 Å². The first-order valence-corrected chi connectivity index (χ1v) is 6.70. The first-order valence-electron chi connectivity index (χ1n) is 6.29. The molecule has 0 saturated heterocycles. The summed E-state index contributed by atoms with van der Waals surface area (Å²) in [6.07, 6.45) is 3.17. The van der Waals surface area contributed by atoms with Crippen LogP contribution in [0.1, 0.15) is 10.6 Å². The second kappa shape index (κ2) is 7.25. The predicted octanol–water partition coefficient (Wildman–Crippen LogP) is 3.00. The predicted molar refractivity (Wildman–Crippen MR) is 87.5 cm³/mol. The molecule has 0 aliphatic rings. The minimum Gasteiger partial charge on any atom is -0.459 e. The van der Waals surface area contributed by atoms with Crippen LogP contribution in [0, 0.1) is 0 Å². The lowest BCUT2D eigenvalue weighted by Crippen LogP contribution is -2.28. The van der Waals surface area contributed by atoms with Crippen molar-refractivity contribution in [2.24, 2.45) is 0 Å². The molecule has 1 amide bonds. The first-order chi connectivity index (χ1) is 10.2. The summed E-state index contributed by atoms with van der Waals surface area (Å²) in [7, 11) is 0. The molecule has 1 aromatic heterocycles. The van der Waals surface area contributed by atoms with Crippen molar-refractivity contribution in [2.45, 2.75) is 0 Å². The fourth-order valence-corrected chi connectivity index (χ4v) is 1.82. The monoisotopic (exact) mass is 301 g/mol. The van der Waals surface area contributed by atoms with Gasteiger partial charge in [-0.25, -0.2) is 0 Å². The van der Waals surface area contributed by atoms with Crippen molar-refractivity contribution in [3.05, 3.63) is 61.1 Å². The van der Waals surface area contributed by atoms with Gasteiger partial charge in [-0.05, 0) is 42.5 Å². The summed E-state index contributed by atoms with van der Waals surface area (Å²) >= 11 is 5.13. The smallest absolute Gasteiger partial charge is 0.291 e. The van der Waals surface area contributed by atoms with Gasteiger partial charge in [-0.1, -0.05) is 12.1 Å². The largest absolute Gasteiger partial charge is 0.459 e. The van der Waals surface area contributed by atoms with Crippen LogP contribution in [-0.2, 0) is 0 Å². The highest BCUT2D eigenvalue weighted by Gasteiger charge is 2.08. The lowest BCUT2D eigenvalue weighted by Gasteiger charge is -2.10. The van der Waals surface area contributed by atoms with E-state index in [1.165, 1.54) is 6.26 Å². The molecule has 0 aliphatic heterocycles. The average molecular weight is 301 g/mol. The van der Waals surface area contributed by atoms with Gasteiger partial charge in [0.25, 0.3) is 5.91 Å². The summed E-state index contributed by atoms with van der Waals surface area (Å²) in [6.45, 7) is 4.19. The summed E-state index contributed by atoms with van der Waals surface area (Å²) in [4.78, 5) is 11.9. The van der Waals surface area contributed by atoms with Gasteiger partial charge >= 0.3 is 0 Å². The molecule has 2 rings (SSSR count). The fourth-order valence-electron chi connectivity index (χ4n) is 1.62. The molecule has 0 bridgehead atoms. The van der Waals surface area contributed by atoms with E-state index in [1.807, 2.05) is 12.1 Å². The summed E-state index contributed by atoms with van der Waals surface area (Å²) in [5.41, 5.74) is 1.42. The Bertz CT molecular complexity index is 638. The average Bonchev–Trinajstić information content (AvgIpc) is 3.00. The van der Waals surface area contributed by atoms with Crippen LogP contribution in [0.2, 0.25) is 0 Å². The highest BCUT2D eigenvalue weighted by atomic mass is 32.1. The lowest BCUT2D eigenvalue weighted by molar-refractivity contribution is 0.0996. The van der Waals surface area contributed by atoms with Crippen molar-refractivity contribution < 1.29 is 9.21 Å². The Hall–Kier alpha value is -2.60. The molecule has 0 aliphatic carbocycles. The molecule has 0 saturated carbocycles. The Morgan fingerprint density at radius 2 is 2.00 bits per heavy atom. The molecule has 108 valence electrons. The molecule has 0 unspecified atom stereocenters. The maximum Gasteiger partial charge on any atom is 0.291 e. The zero-order valence-corrected chi connectivity index (χ0v) is 12.1. The normalized spacial score (nSPS) is 9.71. The third-order valence-electron chi connectivity index (χ3n) is 2.53. The second-order valence-corrected chi connectivity index (χ2v) is 4.54. The Labute approximate surface area is 128 Å². The summed E-state index contributed by atoms with van der Waals surface area (Å²) in [6, 6.07) is 10.5. The molecule has 5 nitrogen and oxygen atoms in total. The highest BCUT2D eigenvalue weighted by molar-refractivity contribution is 7.80. The lowest BCUT2D eigenvalue weighted by atomic mass is 10.2. The van der Waals surface area contributed by atoms with E-state index in [4.69, 9.17) is 16.6 Å². The molecule has 0 spiro atoms. The van der Waals surface area contributed by atoms with Crippen molar-refractivity contribution in [1.82, 2.24) is 5.32 Å². The van der Waals surface area contributed by atoms with E-state index in [1.54, 1.807) is 30.3 Å². The van der Waals surface area contributed by atoms with Crippen LogP contribution in [-0.4, -0.2) is 17.6 Å². The number of carbonyl (C=O) groups excluding carboxylic acids is 1. The van der Waals surface area contributed by atoms with Gasteiger partial charge in [-0.3, -0.25) is 4.79 Å². The minimum atomic E-state index is -0.301. The van der Waals surface area contributed by atoms with Gasteiger partial charge in [0.2, 0.25) is 0 Å². The topological polar surface area (TPSA) is 66.3 Å². The molecule has 21 heavy (non-hydrogen) atoms. The van der Waals surface area contributed by atoms with Crippen LogP contribution in [0.25, 0.3) is 0 Å². The third kappa shape index (κ3) is 4.47. The van der Waals surface area contributed by atoms with E-state index in [9.17, 15) is 4.79 Å². The Kier molecular flexibility index (Phi) is 5.11. The molecule has 1 aromatic carbocycles. The van der Waals surface area contributed by atoms with E-state index in [0.717, 1.165) is 5.69 Å². The molecular weight excluding hydrogens is 286 g/mol. The zero-order chi connectivity index (χ0) is 15.1. The van der Waals surface area contributed by atoms with E-state index in [0.29, 0.717) is 17.3 Å². The van der Waals surface area contributed by atoms with Crippen molar-refractivity contribution >= 4 is 34.6 Å². The molecule has 0 atom stereocenters. The van der Waals surface area contributed by atoms with Gasteiger partial charge in [-0.15, -0.1) is 6.58 Å². The third-order valence-corrected chi connectivity index (χ3v) is 2.78. The Morgan fingerprint density at radius 1 is 1.24 bits per heavy atom. The number of amides is 1. The van der Waals surface area contributed by atoms with Crippen LogP contribution in [0.4, 0.5) is 11.4 Å². The fraction of sp³-hybridized carbons (Fsp3) is 0.0667. The second-order valence-electron chi connectivity index (χ2n) is 4.14. The van der Waals surface area contributed by atoms with Crippen LogP contribution in [0.15, 0.2) is 59.7 Å². The van der Waals surface area contributed by atoms with Crippen LogP contribution >= 0.6 is 12.2 Å². The zero-order valence-electron chi connectivity index (χ0n) is 11.3. The summed E-state index contributed by atoms with van der Waals surface area (Å²) < 4.78 is 5.04. The number of thiocarbonyl (C=S) groups is 1. The number of hydrogen-bond acceptors (Lipinski definition) is 3. The molecule has 1 heterocycles. The van der Waals surface area contributed by atoms with Gasteiger partial charge in [0, 0.05) is 17.9 Å². The number of furan rings is 1. The van der Waals surface area contributed by atoms with E-state index >= 15 is 0 Å². The van der Waals surface area contributed by atoms with Gasteiger partial charge in [0.05, 0.1) is 6.26 Å². The molecule has 0 fully saturated rings. The van der Waals surface area contributed by atoms with Crippen molar-refractivity contribution in [3.8, 4) is 0 Å².